The molecule has 1 aromatic rings. The molecule has 0 saturated carbocycles. The highest BCUT2D eigenvalue weighted by atomic mass is 16.5. The first kappa shape index (κ1) is 14.4. The molecule has 0 bridgehead atoms. The largest absolute Gasteiger partial charge is 0.492 e. The van der Waals surface area contributed by atoms with Gasteiger partial charge in [0.05, 0.1) is 6.54 Å². The summed E-state index contributed by atoms with van der Waals surface area (Å²) >= 11 is 0. The zero-order valence-electron chi connectivity index (χ0n) is 12.4. The number of nitrogens with zero attached hydrogens (tertiary/aromatic N) is 2. The van der Waals surface area contributed by atoms with E-state index in [9.17, 15) is 4.79 Å². The minimum Gasteiger partial charge on any atom is -0.492 e. The van der Waals surface area contributed by atoms with Crippen molar-refractivity contribution in [2.24, 2.45) is 0 Å². The number of hydrogen-bond donors (Lipinski definition) is 1. The Kier molecular flexibility index (Phi) is 4.72. The second-order valence-electron chi connectivity index (χ2n) is 5.65. The molecule has 0 aromatic heterocycles. The van der Waals surface area contributed by atoms with E-state index in [0.717, 1.165) is 51.4 Å². The van der Waals surface area contributed by atoms with E-state index in [-0.39, 0.29) is 5.91 Å². The van der Waals surface area contributed by atoms with Crippen molar-refractivity contribution in [1.29, 1.82) is 0 Å². The van der Waals surface area contributed by atoms with E-state index < -0.39 is 0 Å². The summed E-state index contributed by atoms with van der Waals surface area (Å²) in [4.78, 5) is 16.6. The van der Waals surface area contributed by atoms with Crippen molar-refractivity contribution in [1.82, 2.24) is 15.1 Å². The van der Waals surface area contributed by atoms with E-state index in [0.29, 0.717) is 13.2 Å². The summed E-state index contributed by atoms with van der Waals surface area (Å²) in [7, 11) is 0. The third-order valence-corrected chi connectivity index (χ3v) is 4.08. The van der Waals surface area contributed by atoms with Crippen LogP contribution in [0.15, 0.2) is 24.3 Å². The van der Waals surface area contributed by atoms with Crippen molar-refractivity contribution in [2.45, 2.75) is 13.0 Å². The van der Waals surface area contributed by atoms with Gasteiger partial charge in [-0.1, -0.05) is 18.2 Å². The van der Waals surface area contributed by atoms with Crippen molar-refractivity contribution >= 4 is 5.91 Å². The molecule has 0 spiro atoms. The molecule has 5 heteroatoms. The highest BCUT2D eigenvalue weighted by Gasteiger charge is 2.21. The first-order valence-electron chi connectivity index (χ1n) is 7.74. The van der Waals surface area contributed by atoms with Crippen LogP contribution in [0.5, 0.6) is 5.75 Å². The average molecular weight is 289 g/mol. The number of hydrogen-bond acceptors (Lipinski definition) is 4. The molecule has 2 aliphatic heterocycles. The molecule has 0 radical (unpaired) electrons. The van der Waals surface area contributed by atoms with E-state index in [4.69, 9.17) is 4.74 Å². The van der Waals surface area contributed by atoms with Gasteiger partial charge in [0, 0.05) is 38.3 Å². The van der Waals surface area contributed by atoms with Gasteiger partial charge in [0.15, 0.2) is 0 Å². The molecule has 1 N–H and O–H groups in total. The van der Waals surface area contributed by atoms with Gasteiger partial charge >= 0.3 is 0 Å². The molecule has 114 valence electrons. The summed E-state index contributed by atoms with van der Waals surface area (Å²) in [6.07, 6.45) is 1.04. The quantitative estimate of drug-likeness (QED) is 0.871. The molecular formula is C16H23N3O2. The number of fused-ring (bicyclic) bond motifs is 1. The second-order valence-corrected chi connectivity index (χ2v) is 5.65. The molecule has 21 heavy (non-hydrogen) atoms. The van der Waals surface area contributed by atoms with E-state index in [1.54, 1.807) is 0 Å². The molecular weight excluding hydrogens is 266 g/mol. The highest BCUT2D eigenvalue weighted by molar-refractivity contribution is 5.78. The van der Waals surface area contributed by atoms with Gasteiger partial charge in [0.25, 0.3) is 0 Å². The Morgan fingerprint density at radius 1 is 1.19 bits per heavy atom. The Balaban J connectivity index is 1.60. The molecule has 0 atom stereocenters. The van der Waals surface area contributed by atoms with Crippen LogP contribution in [-0.4, -0.2) is 61.6 Å². The van der Waals surface area contributed by atoms with E-state index >= 15 is 0 Å². The smallest absolute Gasteiger partial charge is 0.236 e. The standard InChI is InChI=1S/C16H23N3O2/c20-16(19-8-3-6-17-7-9-19)13-18-10-11-21-15-5-2-1-4-14(15)12-18/h1-2,4-5,17H,3,6-13H2. The van der Waals surface area contributed by atoms with Gasteiger partial charge in [0.1, 0.15) is 12.4 Å². The van der Waals surface area contributed by atoms with E-state index in [2.05, 4.69) is 16.3 Å². The molecule has 1 saturated heterocycles. The Morgan fingerprint density at radius 3 is 3.05 bits per heavy atom. The molecule has 3 rings (SSSR count). The molecule has 0 unspecified atom stereocenters. The van der Waals surface area contributed by atoms with Gasteiger partial charge in [-0.2, -0.15) is 0 Å². The molecule has 1 aromatic carbocycles. The number of rotatable bonds is 2. The fourth-order valence-corrected chi connectivity index (χ4v) is 2.90. The summed E-state index contributed by atoms with van der Waals surface area (Å²) in [6.45, 7) is 6.31. The van der Waals surface area contributed by atoms with Gasteiger partial charge in [-0.05, 0) is 19.0 Å². The van der Waals surface area contributed by atoms with Gasteiger partial charge in [-0.25, -0.2) is 0 Å². The SMILES string of the molecule is O=C(CN1CCOc2ccccc2C1)N1CCCNCC1. The van der Waals surface area contributed by atoms with Gasteiger partial charge in [-0.3, -0.25) is 9.69 Å². The summed E-state index contributed by atoms with van der Waals surface area (Å²) in [5.41, 5.74) is 1.17. The fraction of sp³-hybridized carbons (Fsp3) is 0.562. The number of amides is 1. The van der Waals surface area contributed by atoms with Crippen LogP contribution in [0.4, 0.5) is 0 Å². The predicted molar refractivity (Wildman–Crippen MR) is 81.3 cm³/mol. The lowest BCUT2D eigenvalue weighted by Gasteiger charge is -2.25. The van der Waals surface area contributed by atoms with Gasteiger partial charge < -0.3 is 15.0 Å². The molecule has 2 heterocycles. The third kappa shape index (κ3) is 3.74. The summed E-state index contributed by atoms with van der Waals surface area (Å²) < 4.78 is 5.75. The Morgan fingerprint density at radius 2 is 2.10 bits per heavy atom. The Labute approximate surface area is 125 Å². The molecule has 1 fully saturated rings. The van der Waals surface area contributed by atoms with Gasteiger partial charge in [-0.15, -0.1) is 0 Å². The topological polar surface area (TPSA) is 44.8 Å². The minimum absolute atomic E-state index is 0.234. The van der Waals surface area contributed by atoms with Crippen LogP contribution in [0, 0.1) is 0 Å². The maximum Gasteiger partial charge on any atom is 0.236 e. The van der Waals surface area contributed by atoms with Crippen LogP contribution < -0.4 is 10.1 Å². The van der Waals surface area contributed by atoms with Crippen LogP contribution in [0.1, 0.15) is 12.0 Å². The number of benzene rings is 1. The first-order chi connectivity index (χ1) is 10.3. The maximum absolute atomic E-state index is 12.5. The zero-order chi connectivity index (χ0) is 14.5. The summed E-state index contributed by atoms with van der Waals surface area (Å²) in [5.74, 6) is 1.18. The number of para-hydroxylation sites is 1. The summed E-state index contributed by atoms with van der Waals surface area (Å²) in [5, 5.41) is 3.33. The van der Waals surface area contributed by atoms with Crippen molar-refractivity contribution < 1.29 is 9.53 Å². The normalized spacial score (nSPS) is 20.1. The zero-order valence-corrected chi connectivity index (χ0v) is 12.4. The van der Waals surface area contributed by atoms with Crippen LogP contribution in [0.3, 0.4) is 0 Å². The fourth-order valence-electron chi connectivity index (χ4n) is 2.90. The predicted octanol–water partition coefficient (Wildman–Crippen LogP) is 0.703. The van der Waals surface area contributed by atoms with Crippen molar-refractivity contribution in [3.8, 4) is 5.75 Å². The Hall–Kier alpha value is -1.59. The number of carbonyl (C=O) groups excluding carboxylic acids is 1. The third-order valence-electron chi connectivity index (χ3n) is 4.08. The van der Waals surface area contributed by atoms with Crippen molar-refractivity contribution in [3.63, 3.8) is 0 Å². The Bertz CT molecular complexity index is 484. The molecule has 2 aliphatic rings. The maximum atomic E-state index is 12.5. The molecule has 5 nitrogen and oxygen atoms in total. The monoisotopic (exact) mass is 289 g/mol. The highest BCUT2D eigenvalue weighted by Crippen LogP contribution is 2.22. The van der Waals surface area contributed by atoms with E-state index in [1.165, 1.54) is 5.56 Å². The molecule has 1 amide bonds. The van der Waals surface area contributed by atoms with Gasteiger partial charge in [0.2, 0.25) is 5.91 Å². The van der Waals surface area contributed by atoms with Crippen LogP contribution >= 0.6 is 0 Å². The number of nitrogens with one attached hydrogen (secondary N) is 1. The van der Waals surface area contributed by atoms with Crippen LogP contribution in [0.25, 0.3) is 0 Å². The summed E-state index contributed by atoms with van der Waals surface area (Å²) in [6, 6.07) is 8.09. The minimum atomic E-state index is 0.234. The van der Waals surface area contributed by atoms with Crippen molar-refractivity contribution in [2.75, 3.05) is 45.9 Å². The van der Waals surface area contributed by atoms with Crippen molar-refractivity contribution in [3.05, 3.63) is 29.8 Å². The molecule has 0 aliphatic carbocycles. The lowest BCUT2D eigenvalue weighted by molar-refractivity contribution is -0.132. The second kappa shape index (κ2) is 6.91. The number of ether oxygens (including phenoxy) is 1. The van der Waals surface area contributed by atoms with Crippen LogP contribution in [0.2, 0.25) is 0 Å². The van der Waals surface area contributed by atoms with E-state index in [1.807, 2.05) is 23.1 Å². The lowest BCUT2D eigenvalue weighted by atomic mass is 10.2. The average Bonchev–Trinajstić information content (AvgIpc) is 2.87. The number of carbonyl (C=O) groups is 1. The first-order valence-corrected chi connectivity index (χ1v) is 7.74. The van der Waals surface area contributed by atoms with Crippen LogP contribution in [-0.2, 0) is 11.3 Å². The lowest BCUT2D eigenvalue weighted by Crippen LogP contribution is -2.42.